The Hall–Kier alpha value is -4.93. The number of hydrogen-bond acceptors (Lipinski definition) is 2. The molecule has 1 saturated carbocycles. The molecule has 0 spiro atoms. The van der Waals surface area contributed by atoms with Gasteiger partial charge in [-0.15, -0.1) is 0 Å². The zero-order valence-electron chi connectivity index (χ0n) is 25.6. The summed E-state index contributed by atoms with van der Waals surface area (Å²) in [6.07, 6.45) is 2.16. The number of rotatable bonds is 9. The average Bonchev–Trinajstić information content (AvgIpc) is 3.06. The minimum atomic E-state index is -1.71. The van der Waals surface area contributed by atoms with Crippen LogP contribution in [0.4, 0.5) is 39.5 Å². The van der Waals surface area contributed by atoms with E-state index in [9.17, 15) is 30.7 Å². The van der Waals surface area contributed by atoms with E-state index >= 15 is 8.78 Å². The molecule has 0 heterocycles. The van der Waals surface area contributed by atoms with Crippen LogP contribution in [0.3, 0.4) is 0 Å². The first kappa shape index (κ1) is 34.0. The van der Waals surface area contributed by atoms with Crippen molar-refractivity contribution < 1.29 is 49.0 Å². The second-order valence-electron chi connectivity index (χ2n) is 12.0. The van der Waals surface area contributed by atoms with Gasteiger partial charge < -0.3 is 9.47 Å². The van der Waals surface area contributed by atoms with Crippen LogP contribution in [-0.2, 0) is 6.61 Å². The third-order valence-corrected chi connectivity index (χ3v) is 8.67. The van der Waals surface area contributed by atoms with Crippen LogP contribution in [0.1, 0.15) is 42.7 Å². The van der Waals surface area contributed by atoms with E-state index in [1.165, 1.54) is 12.1 Å². The zero-order valence-corrected chi connectivity index (χ0v) is 25.6. The normalized spacial score (nSPS) is 16.1. The van der Waals surface area contributed by atoms with Gasteiger partial charge >= 0.3 is 0 Å². The topological polar surface area (TPSA) is 18.5 Å². The number of hydrogen-bond donors (Lipinski definition) is 0. The SMILES string of the molecule is Fc1cc(COc2c(F)cc(-c3c(F)cc(C4CCC(COc5c(F)cc(-c6ccccc6)cc5F)CC4)cc3F)cc2F)cc(F)c1F. The highest BCUT2D eigenvalue weighted by Gasteiger charge is 2.27. The van der Waals surface area contributed by atoms with E-state index in [1.54, 1.807) is 30.3 Å². The molecule has 0 radical (unpaired) electrons. The van der Waals surface area contributed by atoms with Gasteiger partial charge in [0.15, 0.2) is 52.2 Å². The van der Waals surface area contributed by atoms with Gasteiger partial charge in [-0.25, -0.2) is 39.5 Å². The quantitative estimate of drug-likeness (QED) is 0.114. The molecule has 1 aliphatic rings. The summed E-state index contributed by atoms with van der Waals surface area (Å²) >= 11 is 0. The van der Waals surface area contributed by atoms with E-state index < -0.39 is 81.6 Å². The summed E-state index contributed by atoms with van der Waals surface area (Å²) in [6.45, 7) is -0.663. The summed E-state index contributed by atoms with van der Waals surface area (Å²) < 4.78 is 140. The molecule has 49 heavy (non-hydrogen) atoms. The molecule has 254 valence electrons. The summed E-state index contributed by atoms with van der Waals surface area (Å²) in [7, 11) is 0. The van der Waals surface area contributed by atoms with E-state index in [4.69, 9.17) is 9.47 Å². The molecular weight excluding hydrogens is 659 g/mol. The largest absolute Gasteiger partial charge is 0.487 e. The Labute approximate surface area is 275 Å². The highest BCUT2D eigenvalue weighted by atomic mass is 19.2. The minimum Gasteiger partial charge on any atom is -0.487 e. The smallest absolute Gasteiger partial charge is 0.194 e. The van der Waals surface area contributed by atoms with Crippen molar-refractivity contribution in [3.63, 3.8) is 0 Å². The maximum absolute atomic E-state index is 15.3. The highest BCUT2D eigenvalue weighted by Crippen LogP contribution is 2.40. The number of ether oxygens (including phenoxy) is 2. The lowest BCUT2D eigenvalue weighted by Gasteiger charge is -2.29. The van der Waals surface area contributed by atoms with Gasteiger partial charge in [0, 0.05) is 0 Å². The van der Waals surface area contributed by atoms with Crippen molar-refractivity contribution >= 4 is 0 Å². The van der Waals surface area contributed by atoms with Gasteiger partial charge in [0.25, 0.3) is 0 Å². The maximum atomic E-state index is 15.3. The molecule has 5 aromatic rings. The van der Waals surface area contributed by atoms with E-state index in [0.29, 0.717) is 66.6 Å². The lowest BCUT2D eigenvalue weighted by molar-refractivity contribution is 0.188. The van der Waals surface area contributed by atoms with Gasteiger partial charge in [-0.2, -0.15) is 0 Å². The molecule has 11 heteroatoms. The van der Waals surface area contributed by atoms with Gasteiger partial charge in [0.2, 0.25) is 0 Å². The summed E-state index contributed by atoms with van der Waals surface area (Å²) in [4.78, 5) is 0. The summed E-state index contributed by atoms with van der Waals surface area (Å²) in [5, 5.41) is 0. The summed E-state index contributed by atoms with van der Waals surface area (Å²) in [5.74, 6) is -12.8. The standard InChI is InChI=1S/C38H27F9O2/c39-27-12-24(23-8-6-20(7-9-23)18-48-37-31(43)14-25(15-32(37)44)22-4-2-1-3-5-22)13-28(40)35(27)26-16-33(45)38(34(46)17-26)49-19-21-10-29(41)36(47)30(42)11-21/h1-5,10-17,20,23H,6-9,18-19H2. The molecule has 1 fully saturated rings. The van der Waals surface area contributed by atoms with Crippen LogP contribution in [-0.4, -0.2) is 6.61 Å². The van der Waals surface area contributed by atoms with Crippen molar-refractivity contribution in [1.29, 1.82) is 0 Å². The van der Waals surface area contributed by atoms with Crippen molar-refractivity contribution in [3.8, 4) is 33.8 Å². The Bertz CT molecular complexity index is 1900. The van der Waals surface area contributed by atoms with Crippen LogP contribution < -0.4 is 9.47 Å². The first-order valence-corrected chi connectivity index (χ1v) is 15.4. The van der Waals surface area contributed by atoms with Crippen LogP contribution in [0.2, 0.25) is 0 Å². The fourth-order valence-electron chi connectivity index (χ4n) is 6.15. The monoisotopic (exact) mass is 686 g/mol. The van der Waals surface area contributed by atoms with Crippen molar-refractivity contribution in [2.75, 3.05) is 6.61 Å². The molecule has 0 saturated heterocycles. The molecule has 1 aliphatic carbocycles. The molecule has 0 bridgehead atoms. The van der Waals surface area contributed by atoms with Crippen LogP contribution in [0.15, 0.2) is 78.9 Å². The molecule has 0 aromatic heterocycles. The van der Waals surface area contributed by atoms with E-state index in [2.05, 4.69) is 0 Å². The molecule has 0 amide bonds. The fraction of sp³-hybridized carbons (Fsp3) is 0.211. The number of halogens is 9. The van der Waals surface area contributed by atoms with Gasteiger partial charge in [-0.1, -0.05) is 30.3 Å². The third kappa shape index (κ3) is 7.40. The van der Waals surface area contributed by atoms with Gasteiger partial charge in [0.1, 0.15) is 18.2 Å². The second-order valence-corrected chi connectivity index (χ2v) is 12.0. The Morgan fingerprint density at radius 1 is 0.490 bits per heavy atom. The van der Waals surface area contributed by atoms with Crippen LogP contribution in [0.25, 0.3) is 22.3 Å². The summed E-state index contributed by atoms with van der Waals surface area (Å²) in [5.41, 5.74) is 0.0372. The average molecular weight is 687 g/mol. The zero-order chi connectivity index (χ0) is 34.8. The Kier molecular flexibility index (Phi) is 9.89. The Morgan fingerprint density at radius 2 is 1.00 bits per heavy atom. The van der Waals surface area contributed by atoms with Crippen LogP contribution >= 0.6 is 0 Å². The van der Waals surface area contributed by atoms with Gasteiger partial charge in [-0.05, 0) is 114 Å². The predicted molar refractivity (Wildman–Crippen MR) is 164 cm³/mol. The predicted octanol–water partition coefficient (Wildman–Crippen LogP) is 11.2. The molecule has 5 aromatic carbocycles. The van der Waals surface area contributed by atoms with E-state index in [0.717, 1.165) is 12.1 Å². The Morgan fingerprint density at radius 3 is 1.55 bits per heavy atom. The minimum absolute atomic E-state index is 0.0504. The van der Waals surface area contributed by atoms with Crippen molar-refractivity contribution in [2.24, 2.45) is 5.92 Å². The molecule has 2 nitrogen and oxygen atoms in total. The lowest BCUT2D eigenvalue weighted by Crippen LogP contribution is -2.20. The maximum Gasteiger partial charge on any atom is 0.194 e. The fourth-order valence-corrected chi connectivity index (χ4v) is 6.15. The molecular formula is C38H27F9O2. The lowest BCUT2D eigenvalue weighted by atomic mass is 9.78. The molecule has 0 N–H and O–H groups in total. The van der Waals surface area contributed by atoms with E-state index in [-0.39, 0.29) is 24.0 Å². The van der Waals surface area contributed by atoms with Gasteiger partial charge in [-0.3, -0.25) is 0 Å². The third-order valence-electron chi connectivity index (χ3n) is 8.67. The second kappa shape index (κ2) is 14.3. The van der Waals surface area contributed by atoms with Crippen LogP contribution in [0, 0.1) is 58.3 Å². The summed E-state index contributed by atoms with van der Waals surface area (Å²) in [6, 6.07) is 16.0. The molecule has 0 atom stereocenters. The Balaban J connectivity index is 1.08. The van der Waals surface area contributed by atoms with E-state index in [1.807, 2.05) is 0 Å². The van der Waals surface area contributed by atoms with Crippen molar-refractivity contribution in [1.82, 2.24) is 0 Å². The first-order valence-electron chi connectivity index (χ1n) is 15.4. The first-order chi connectivity index (χ1) is 23.5. The molecule has 0 unspecified atom stereocenters. The van der Waals surface area contributed by atoms with Crippen molar-refractivity contribution in [2.45, 2.75) is 38.2 Å². The molecule has 0 aliphatic heterocycles. The van der Waals surface area contributed by atoms with Crippen LogP contribution in [0.5, 0.6) is 11.5 Å². The van der Waals surface area contributed by atoms with Gasteiger partial charge in [0.05, 0.1) is 12.2 Å². The highest BCUT2D eigenvalue weighted by molar-refractivity contribution is 5.67. The number of benzene rings is 5. The van der Waals surface area contributed by atoms with Crippen molar-refractivity contribution in [3.05, 3.63) is 142 Å². The molecule has 6 rings (SSSR count).